The van der Waals surface area contributed by atoms with Crippen LogP contribution in [-0.2, 0) is 23.7 Å². The molecule has 0 radical (unpaired) electrons. The van der Waals surface area contributed by atoms with Crippen molar-refractivity contribution in [3.8, 4) is 0 Å². The maximum absolute atomic E-state index is 11.8. The number of esters is 1. The first-order valence-electron chi connectivity index (χ1n) is 6.63. The molecule has 0 aromatic heterocycles. The quantitative estimate of drug-likeness (QED) is 0.470. The highest BCUT2D eigenvalue weighted by Crippen LogP contribution is 2.61. The number of nitrogens with one attached hydrogen (secondary N) is 1. The SMILES string of the molecule is CNC(=O)O[C@@H]1OC=C(C(=O)OC)[C@H]2C[C@@H]3O[C@]3(CCl)[C@H]12. The van der Waals surface area contributed by atoms with Crippen molar-refractivity contribution in [2.75, 3.05) is 20.0 Å². The number of fused-ring (bicyclic) bond motifs is 3. The van der Waals surface area contributed by atoms with Gasteiger partial charge >= 0.3 is 12.1 Å². The van der Waals surface area contributed by atoms with Crippen LogP contribution in [0.5, 0.6) is 0 Å². The zero-order valence-electron chi connectivity index (χ0n) is 11.6. The number of epoxide rings is 1. The molecule has 1 aliphatic carbocycles. The lowest BCUT2D eigenvalue weighted by Gasteiger charge is -2.36. The Labute approximate surface area is 126 Å². The standard InChI is InChI=1S/C13H16ClNO6/c1-15-12(17)20-11-9-6(3-8-13(9,5-14)21-8)7(4-19-11)10(16)18-2/h4,6,8-9,11H,3,5H2,1-2H3,(H,15,17)/t6-,8+,9+,11+,13+/m1/s1. The van der Waals surface area contributed by atoms with E-state index in [-0.39, 0.29) is 23.8 Å². The average molecular weight is 318 g/mol. The fourth-order valence-electron chi connectivity index (χ4n) is 3.33. The molecule has 2 heterocycles. The average Bonchev–Trinajstić information content (AvgIpc) is 3.11. The molecule has 2 aliphatic heterocycles. The van der Waals surface area contributed by atoms with Crippen molar-refractivity contribution in [1.82, 2.24) is 5.32 Å². The van der Waals surface area contributed by atoms with Gasteiger partial charge in [-0.15, -0.1) is 11.6 Å². The van der Waals surface area contributed by atoms with Gasteiger partial charge in [0.15, 0.2) is 0 Å². The summed E-state index contributed by atoms with van der Waals surface area (Å²) in [6.07, 6.45) is 0.454. The second kappa shape index (κ2) is 5.06. The van der Waals surface area contributed by atoms with E-state index in [1.54, 1.807) is 0 Å². The van der Waals surface area contributed by atoms with E-state index in [9.17, 15) is 9.59 Å². The Balaban J connectivity index is 1.89. The van der Waals surface area contributed by atoms with Crippen LogP contribution in [0.15, 0.2) is 11.8 Å². The summed E-state index contributed by atoms with van der Waals surface area (Å²) in [7, 11) is 2.77. The molecule has 0 aromatic rings. The van der Waals surface area contributed by atoms with Gasteiger partial charge < -0.3 is 24.3 Å². The van der Waals surface area contributed by atoms with Crippen molar-refractivity contribution >= 4 is 23.7 Å². The molecule has 0 spiro atoms. The topological polar surface area (TPSA) is 86.4 Å². The molecule has 116 valence electrons. The van der Waals surface area contributed by atoms with Crippen LogP contribution in [0.1, 0.15) is 6.42 Å². The third-order valence-corrected chi connectivity index (χ3v) is 4.81. The Kier molecular flexibility index (Phi) is 3.49. The van der Waals surface area contributed by atoms with Crippen molar-refractivity contribution in [3.63, 3.8) is 0 Å². The smallest absolute Gasteiger partial charge is 0.409 e. The number of hydrogen-bond donors (Lipinski definition) is 1. The zero-order valence-corrected chi connectivity index (χ0v) is 12.4. The van der Waals surface area contributed by atoms with Crippen molar-refractivity contribution < 1.29 is 28.5 Å². The second-order valence-corrected chi connectivity index (χ2v) is 5.55. The highest BCUT2D eigenvalue weighted by Gasteiger charge is 2.73. The maximum Gasteiger partial charge on any atom is 0.409 e. The van der Waals surface area contributed by atoms with Gasteiger partial charge in [-0.25, -0.2) is 9.59 Å². The van der Waals surface area contributed by atoms with Gasteiger partial charge in [0, 0.05) is 13.0 Å². The summed E-state index contributed by atoms with van der Waals surface area (Å²) in [6.45, 7) is 0. The predicted molar refractivity (Wildman–Crippen MR) is 70.4 cm³/mol. The normalized spacial score (nSPS) is 39.3. The maximum atomic E-state index is 11.8. The molecule has 1 saturated carbocycles. The van der Waals surface area contributed by atoms with Crippen LogP contribution in [0.3, 0.4) is 0 Å². The van der Waals surface area contributed by atoms with Gasteiger partial charge in [0.25, 0.3) is 6.29 Å². The van der Waals surface area contributed by atoms with E-state index in [4.69, 9.17) is 30.5 Å². The summed E-state index contributed by atoms with van der Waals surface area (Å²) < 4.78 is 21.1. The summed E-state index contributed by atoms with van der Waals surface area (Å²) in [5.74, 6) is -0.672. The molecule has 1 amide bonds. The molecule has 8 heteroatoms. The zero-order chi connectivity index (χ0) is 15.2. The molecule has 21 heavy (non-hydrogen) atoms. The predicted octanol–water partition coefficient (Wildman–Crippen LogP) is 0.768. The first-order chi connectivity index (χ1) is 10.1. The molecule has 1 saturated heterocycles. The Morgan fingerprint density at radius 3 is 2.95 bits per heavy atom. The lowest BCUT2D eigenvalue weighted by molar-refractivity contribution is -0.150. The van der Waals surface area contributed by atoms with Crippen LogP contribution in [0.4, 0.5) is 4.79 Å². The Morgan fingerprint density at radius 1 is 1.57 bits per heavy atom. The molecule has 0 aromatic carbocycles. The van der Waals surface area contributed by atoms with Gasteiger partial charge in [-0.2, -0.15) is 0 Å². The largest absolute Gasteiger partial charge is 0.466 e. The number of amides is 1. The van der Waals surface area contributed by atoms with Gasteiger partial charge in [0.1, 0.15) is 5.60 Å². The molecule has 5 atom stereocenters. The van der Waals surface area contributed by atoms with Gasteiger partial charge in [-0.3, -0.25) is 0 Å². The number of rotatable bonds is 3. The van der Waals surface area contributed by atoms with E-state index < -0.39 is 24.0 Å². The van der Waals surface area contributed by atoms with Gasteiger partial charge in [0.05, 0.1) is 36.8 Å². The number of ether oxygens (including phenoxy) is 4. The number of halogens is 1. The number of carbonyl (C=O) groups is 2. The molecule has 0 bridgehead atoms. The molecule has 7 nitrogen and oxygen atoms in total. The Morgan fingerprint density at radius 2 is 2.33 bits per heavy atom. The minimum atomic E-state index is -0.838. The van der Waals surface area contributed by atoms with E-state index in [0.717, 1.165) is 0 Å². The minimum Gasteiger partial charge on any atom is -0.466 e. The van der Waals surface area contributed by atoms with Crippen LogP contribution in [0, 0.1) is 11.8 Å². The van der Waals surface area contributed by atoms with E-state index >= 15 is 0 Å². The third-order valence-electron chi connectivity index (χ3n) is 4.39. The number of hydrogen-bond acceptors (Lipinski definition) is 6. The number of alkyl halides is 1. The van der Waals surface area contributed by atoms with Crippen molar-refractivity contribution in [3.05, 3.63) is 11.8 Å². The highest BCUT2D eigenvalue weighted by molar-refractivity contribution is 6.19. The summed E-state index contributed by atoms with van der Waals surface area (Å²) in [5.41, 5.74) is -0.169. The van der Waals surface area contributed by atoms with Gasteiger partial charge in [-0.05, 0) is 6.42 Å². The number of alkyl carbamates (subject to hydrolysis) is 1. The van der Waals surface area contributed by atoms with Crippen molar-refractivity contribution in [2.24, 2.45) is 11.8 Å². The fourth-order valence-corrected chi connectivity index (χ4v) is 3.75. The molecular weight excluding hydrogens is 302 g/mol. The van der Waals surface area contributed by atoms with E-state index in [2.05, 4.69) is 5.32 Å². The van der Waals surface area contributed by atoms with E-state index in [0.29, 0.717) is 12.0 Å². The summed E-state index contributed by atoms with van der Waals surface area (Å²) in [4.78, 5) is 23.3. The summed E-state index contributed by atoms with van der Waals surface area (Å²) >= 11 is 6.04. The summed E-state index contributed by atoms with van der Waals surface area (Å²) in [6, 6.07) is 0. The Hall–Kier alpha value is -1.47. The fraction of sp³-hybridized carbons (Fsp3) is 0.692. The molecular formula is C13H16ClNO6. The lowest BCUT2D eigenvalue weighted by atomic mass is 9.82. The minimum absolute atomic E-state index is 0.0458. The van der Waals surface area contributed by atoms with Crippen molar-refractivity contribution in [1.29, 1.82) is 0 Å². The van der Waals surface area contributed by atoms with Crippen LogP contribution in [0.25, 0.3) is 0 Å². The van der Waals surface area contributed by atoms with Gasteiger partial charge in [0.2, 0.25) is 0 Å². The van der Waals surface area contributed by atoms with E-state index in [1.807, 2.05) is 0 Å². The first kappa shape index (κ1) is 14.5. The molecule has 3 rings (SSSR count). The van der Waals surface area contributed by atoms with Crippen LogP contribution < -0.4 is 5.32 Å². The van der Waals surface area contributed by atoms with E-state index in [1.165, 1.54) is 20.4 Å². The van der Waals surface area contributed by atoms with Crippen LogP contribution in [0.2, 0.25) is 0 Å². The van der Waals surface area contributed by atoms with Gasteiger partial charge in [-0.1, -0.05) is 0 Å². The highest BCUT2D eigenvalue weighted by atomic mass is 35.5. The second-order valence-electron chi connectivity index (χ2n) is 5.29. The number of methoxy groups -OCH3 is 1. The number of carbonyl (C=O) groups excluding carboxylic acids is 2. The monoisotopic (exact) mass is 317 g/mol. The lowest BCUT2D eigenvalue weighted by Crippen LogP contribution is -2.46. The van der Waals surface area contributed by atoms with Crippen LogP contribution in [-0.4, -0.2) is 50.1 Å². The van der Waals surface area contributed by atoms with Crippen molar-refractivity contribution in [2.45, 2.75) is 24.4 Å². The molecule has 3 aliphatic rings. The molecule has 1 N–H and O–H groups in total. The molecule has 0 unspecified atom stereocenters. The first-order valence-corrected chi connectivity index (χ1v) is 7.16. The molecule has 2 fully saturated rings. The Bertz CT molecular complexity index is 505. The van der Waals surface area contributed by atoms with Crippen LogP contribution >= 0.6 is 11.6 Å². The summed E-state index contributed by atoms with van der Waals surface area (Å²) in [5, 5.41) is 2.37. The third kappa shape index (κ3) is 2.06.